The molecule has 0 bridgehead atoms. The Balaban J connectivity index is 1.68. The number of hydrogen-bond donors (Lipinski definition) is 0. The van der Waals surface area contributed by atoms with E-state index in [1.54, 1.807) is 0 Å². The first-order valence-corrected chi connectivity index (χ1v) is 8.12. The molecule has 19 heavy (non-hydrogen) atoms. The summed E-state index contributed by atoms with van der Waals surface area (Å²) in [5.41, 5.74) is 2.62. The standard InChI is InChI=1S/C18H20S/c1-3-7-15(8-4-1)16-11-13-18(14-12-16)19-17-9-5-2-6-10-17/h1,3-4,7-8,11-14,17H,2,5-6,9-10H2. The average molecular weight is 268 g/mol. The molecule has 0 atom stereocenters. The molecule has 0 N–H and O–H groups in total. The third kappa shape index (κ3) is 3.42. The highest BCUT2D eigenvalue weighted by atomic mass is 32.2. The van der Waals surface area contributed by atoms with Gasteiger partial charge in [-0.25, -0.2) is 0 Å². The smallest absolute Gasteiger partial charge is 0.00944 e. The highest BCUT2D eigenvalue weighted by molar-refractivity contribution is 8.00. The van der Waals surface area contributed by atoms with E-state index >= 15 is 0 Å². The van der Waals surface area contributed by atoms with E-state index in [-0.39, 0.29) is 0 Å². The summed E-state index contributed by atoms with van der Waals surface area (Å²) in [4.78, 5) is 1.42. The van der Waals surface area contributed by atoms with Gasteiger partial charge in [-0.05, 0) is 36.1 Å². The van der Waals surface area contributed by atoms with Gasteiger partial charge in [0.15, 0.2) is 0 Å². The van der Waals surface area contributed by atoms with Crippen LogP contribution in [-0.2, 0) is 0 Å². The Kier molecular flexibility index (Phi) is 4.24. The molecular weight excluding hydrogens is 248 g/mol. The Bertz CT molecular complexity index is 495. The van der Waals surface area contributed by atoms with Gasteiger partial charge in [0.1, 0.15) is 0 Å². The topological polar surface area (TPSA) is 0 Å². The van der Waals surface area contributed by atoms with Crippen molar-refractivity contribution in [1.29, 1.82) is 0 Å². The van der Waals surface area contributed by atoms with Crippen molar-refractivity contribution in [3.05, 3.63) is 54.6 Å². The molecule has 0 aromatic heterocycles. The molecule has 1 aliphatic rings. The van der Waals surface area contributed by atoms with Crippen LogP contribution in [0.5, 0.6) is 0 Å². The van der Waals surface area contributed by atoms with Gasteiger partial charge < -0.3 is 0 Å². The van der Waals surface area contributed by atoms with Gasteiger partial charge in [-0.3, -0.25) is 0 Å². The monoisotopic (exact) mass is 268 g/mol. The molecule has 0 heterocycles. The van der Waals surface area contributed by atoms with Gasteiger partial charge in [-0.2, -0.15) is 0 Å². The summed E-state index contributed by atoms with van der Waals surface area (Å²) in [6.45, 7) is 0. The van der Waals surface area contributed by atoms with Crippen LogP contribution in [-0.4, -0.2) is 5.25 Å². The number of hydrogen-bond acceptors (Lipinski definition) is 1. The normalized spacial score (nSPS) is 16.4. The van der Waals surface area contributed by atoms with Gasteiger partial charge in [-0.15, -0.1) is 11.8 Å². The zero-order valence-electron chi connectivity index (χ0n) is 11.2. The van der Waals surface area contributed by atoms with E-state index in [0.717, 1.165) is 5.25 Å². The fourth-order valence-electron chi connectivity index (χ4n) is 2.73. The average Bonchev–Trinajstić information content (AvgIpc) is 2.50. The maximum Gasteiger partial charge on any atom is 0.00944 e. The minimum absolute atomic E-state index is 0.844. The van der Waals surface area contributed by atoms with Gasteiger partial charge in [-0.1, -0.05) is 61.7 Å². The van der Waals surface area contributed by atoms with Crippen molar-refractivity contribution < 1.29 is 0 Å². The van der Waals surface area contributed by atoms with Gasteiger partial charge >= 0.3 is 0 Å². The first kappa shape index (κ1) is 12.8. The van der Waals surface area contributed by atoms with Gasteiger partial charge in [0.05, 0.1) is 0 Å². The van der Waals surface area contributed by atoms with Crippen molar-refractivity contribution in [1.82, 2.24) is 0 Å². The largest absolute Gasteiger partial charge is 0.123 e. The summed E-state index contributed by atoms with van der Waals surface area (Å²) in [6.07, 6.45) is 7.06. The Morgan fingerprint density at radius 3 is 2.00 bits per heavy atom. The maximum absolute atomic E-state index is 2.28. The van der Waals surface area contributed by atoms with E-state index in [1.165, 1.54) is 48.1 Å². The van der Waals surface area contributed by atoms with E-state index in [0.29, 0.717) is 0 Å². The van der Waals surface area contributed by atoms with Crippen molar-refractivity contribution in [2.45, 2.75) is 42.2 Å². The molecule has 1 heteroatoms. The molecular formula is C18H20S. The zero-order valence-corrected chi connectivity index (χ0v) is 12.0. The highest BCUT2D eigenvalue weighted by Crippen LogP contribution is 2.34. The number of rotatable bonds is 3. The molecule has 0 amide bonds. The molecule has 0 radical (unpaired) electrons. The predicted molar refractivity (Wildman–Crippen MR) is 84.6 cm³/mol. The van der Waals surface area contributed by atoms with Crippen molar-refractivity contribution in [3.63, 3.8) is 0 Å². The Morgan fingerprint density at radius 2 is 1.32 bits per heavy atom. The van der Waals surface area contributed by atoms with Crippen LogP contribution in [0.1, 0.15) is 32.1 Å². The minimum atomic E-state index is 0.844. The van der Waals surface area contributed by atoms with Crippen LogP contribution in [0.25, 0.3) is 11.1 Å². The first-order valence-electron chi connectivity index (χ1n) is 7.24. The molecule has 0 saturated heterocycles. The maximum atomic E-state index is 2.28. The summed E-state index contributed by atoms with van der Waals surface area (Å²) in [5.74, 6) is 0. The lowest BCUT2D eigenvalue weighted by Crippen LogP contribution is -2.07. The van der Waals surface area contributed by atoms with Crippen LogP contribution in [0.2, 0.25) is 0 Å². The molecule has 0 spiro atoms. The minimum Gasteiger partial charge on any atom is -0.123 e. The lowest BCUT2D eigenvalue weighted by molar-refractivity contribution is 0.516. The third-order valence-corrected chi connectivity index (χ3v) is 5.17. The zero-order chi connectivity index (χ0) is 12.9. The first-order chi connectivity index (χ1) is 9.42. The number of thioether (sulfide) groups is 1. The van der Waals surface area contributed by atoms with Crippen LogP contribution < -0.4 is 0 Å². The Morgan fingerprint density at radius 1 is 0.684 bits per heavy atom. The van der Waals surface area contributed by atoms with Crippen LogP contribution in [0, 0.1) is 0 Å². The molecule has 1 aliphatic carbocycles. The second-order valence-electron chi connectivity index (χ2n) is 5.27. The summed E-state index contributed by atoms with van der Waals surface area (Å²) in [7, 11) is 0. The second kappa shape index (κ2) is 6.29. The Labute approximate surface area is 120 Å². The molecule has 3 rings (SSSR count). The summed E-state index contributed by atoms with van der Waals surface area (Å²) >= 11 is 2.07. The van der Waals surface area contributed by atoms with Crippen LogP contribution >= 0.6 is 11.8 Å². The summed E-state index contributed by atoms with van der Waals surface area (Å²) in [6, 6.07) is 19.7. The summed E-state index contributed by atoms with van der Waals surface area (Å²) < 4.78 is 0. The van der Waals surface area contributed by atoms with E-state index in [9.17, 15) is 0 Å². The lowest BCUT2D eigenvalue weighted by atomic mass is 10.0. The molecule has 1 fully saturated rings. The molecule has 1 saturated carbocycles. The fraction of sp³-hybridized carbons (Fsp3) is 0.333. The second-order valence-corrected chi connectivity index (χ2v) is 6.64. The molecule has 2 aromatic carbocycles. The molecule has 2 aromatic rings. The molecule has 0 aliphatic heterocycles. The van der Waals surface area contributed by atoms with E-state index in [1.807, 2.05) is 0 Å². The highest BCUT2D eigenvalue weighted by Gasteiger charge is 2.14. The van der Waals surface area contributed by atoms with Crippen LogP contribution in [0.3, 0.4) is 0 Å². The van der Waals surface area contributed by atoms with Crippen molar-refractivity contribution in [3.8, 4) is 11.1 Å². The van der Waals surface area contributed by atoms with Gasteiger partial charge in [0.25, 0.3) is 0 Å². The van der Waals surface area contributed by atoms with E-state index < -0.39 is 0 Å². The quantitative estimate of drug-likeness (QED) is 0.680. The van der Waals surface area contributed by atoms with Crippen molar-refractivity contribution in [2.75, 3.05) is 0 Å². The fourth-order valence-corrected chi connectivity index (χ4v) is 3.98. The lowest BCUT2D eigenvalue weighted by Gasteiger charge is -2.20. The third-order valence-electron chi connectivity index (χ3n) is 3.82. The van der Waals surface area contributed by atoms with Crippen molar-refractivity contribution >= 4 is 11.8 Å². The van der Waals surface area contributed by atoms with Crippen molar-refractivity contribution in [2.24, 2.45) is 0 Å². The van der Waals surface area contributed by atoms with Gasteiger partial charge in [0, 0.05) is 10.1 Å². The molecule has 0 nitrogen and oxygen atoms in total. The van der Waals surface area contributed by atoms with E-state index in [4.69, 9.17) is 0 Å². The van der Waals surface area contributed by atoms with E-state index in [2.05, 4.69) is 66.4 Å². The number of benzene rings is 2. The van der Waals surface area contributed by atoms with Crippen LogP contribution in [0.4, 0.5) is 0 Å². The molecule has 98 valence electrons. The predicted octanol–water partition coefficient (Wildman–Crippen LogP) is 5.78. The summed E-state index contributed by atoms with van der Waals surface area (Å²) in [5, 5.41) is 0.844. The van der Waals surface area contributed by atoms with Crippen LogP contribution in [0.15, 0.2) is 59.5 Å². The van der Waals surface area contributed by atoms with Gasteiger partial charge in [0.2, 0.25) is 0 Å². The SMILES string of the molecule is c1ccc(-c2ccc(SC3CCCCC3)cc2)cc1. The Hall–Kier alpha value is -1.21. The molecule has 0 unspecified atom stereocenters.